The van der Waals surface area contributed by atoms with E-state index in [1.54, 1.807) is 25.2 Å². The van der Waals surface area contributed by atoms with Crippen molar-refractivity contribution in [3.05, 3.63) is 36.0 Å². The highest BCUT2D eigenvalue weighted by molar-refractivity contribution is 5.82. The van der Waals surface area contributed by atoms with Crippen molar-refractivity contribution in [2.24, 2.45) is 16.7 Å². The number of carbonyl (C=O) groups is 2. The van der Waals surface area contributed by atoms with Crippen molar-refractivity contribution in [2.45, 2.75) is 103 Å². The molecule has 3 fully saturated rings. The summed E-state index contributed by atoms with van der Waals surface area (Å²) in [5.74, 6) is -1.06. The van der Waals surface area contributed by atoms with Crippen molar-refractivity contribution >= 4 is 11.9 Å². The molecule has 0 amide bonds. The minimum absolute atomic E-state index is 0.109. The summed E-state index contributed by atoms with van der Waals surface area (Å²) in [6.07, 6.45) is 8.05. The largest absolute Gasteiger partial charge is 0.463 e. The van der Waals surface area contributed by atoms with Gasteiger partial charge in [-0.05, 0) is 46.0 Å². The molecule has 10 atom stereocenters. The third-order valence-electron chi connectivity index (χ3n) is 10.0. The van der Waals surface area contributed by atoms with Crippen molar-refractivity contribution in [3.8, 4) is 0 Å². The highest BCUT2D eigenvalue weighted by Gasteiger charge is 2.83. The monoisotopic (exact) mass is 560 g/mol. The van der Waals surface area contributed by atoms with Gasteiger partial charge in [0.15, 0.2) is 6.10 Å². The van der Waals surface area contributed by atoms with Crippen LogP contribution >= 0.6 is 0 Å². The normalized spacial score (nSPS) is 46.2. The summed E-state index contributed by atoms with van der Waals surface area (Å²) in [7, 11) is 0. The molecule has 3 heterocycles. The van der Waals surface area contributed by atoms with Gasteiger partial charge in [0.25, 0.3) is 0 Å². The van der Waals surface area contributed by atoms with Gasteiger partial charge in [-0.25, -0.2) is 9.59 Å². The number of allylic oxidation sites excluding steroid dienone is 3. The molecule has 5 aliphatic rings. The zero-order valence-electron chi connectivity index (χ0n) is 24.3. The minimum Gasteiger partial charge on any atom is -0.463 e. The number of hydrogen-bond donors (Lipinski definition) is 1. The molecule has 2 spiro atoms. The lowest BCUT2D eigenvalue weighted by Gasteiger charge is -2.58. The first-order chi connectivity index (χ1) is 19.1. The highest BCUT2D eigenvalue weighted by atomic mass is 16.6. The van der Waals surface area contributed by atoms with Gasteiger partial charge in [0.2, 0.25) is 0 Å². The van der Waals surface area contributed by atoms with Gasteiger partial charge in [0.1, 0.15) is 24.4 Å². The first-order valence-corrected chi connectivity index (χ1v) is 14.7. The van der Waals surface area contributed by atoms with Gasteiger partial charge in [-0.2, -0.15) is 0 Å². The summed E-state index contributed by atoms with van der Waals surface area (Å²) in [5.41, 5.74) is -0.622. The molecule has 2 saturated heterocycles. The van der Waals surface area contributed by atoms with Gasteiger partial charge in [0.05, 0.1) is 30.3 Å². The van der Waals surface area contributed by atoms with Crippen LogP contribution < -0.4 is 0 Å². The van der Waals surface area contributed by atoms with Gasteiger partial charge < -0.3 is 33.5 Å². The Morgan fingerprint density at radius 2 is 1.98 bits per heavy atom. The molecule has 5 rings (SSSR count). The fraction of sp³-hybridized carbons (Fsp3) is 0.742. The predicted octanol–water partition coefficient (Wildman–Crippen LogP) is 3.44. The Hall–Kier alpha value is -2.04. The molecule has 0 aromatic carbocycles. The van der Waals surface area contributed by atoms with Crippen molar-refractivity contribution in [3.63, 3.8) is 0 Å². The number of hydrogen-bond acceptors (Lipinski definition) is 9. The van der Waals surface area contributed by atoms with Crippen LogP contribution in [0.3, 0.4) is 0 Å². The summed E-state index contributed by atoms with van der Waals surface area (Å²) in [6.45, 7) is 11.0. The van der Waals surface area contributed by atoms with Crippen LogP contribution in [0.4, 0.5) is 0 Å². The van der Waals surface area contributed by atoms with E-state index in [-0.39, 0.29) is 24.7 Å². The topological polar surface area (TPSA) is 113 Å². The number of aliphatic hydroxyl groups is 1. The Morgan fingerprint density at radius 3 is 2.67 bits per heavy atom. The predicted molar refractivity (Wildman–Crippen MR) is 145 cm³/mol. The van der Waals surface area contributed by atoms with Gasteiger partial charge in [-0.1, -0.05) is 43.7 Å². The van der Waals surface area contributed by atoms with Crippen LogP contribution in [0.2, 0.25) is 0 Å². The second-order valence-electron chi connectivity index (χ2n) is 12.3. The Kier molecular flexibility index (Phi) is 8.34. The lowest BCUT2D eigenvalue weighted by atomic mass is 9.51. The average molecular weight is 561 g/mol. The van der Waals surface area contributed by atoms with Crippen molar-refractivity contribution < 1.29 is 43.1 Å². The maximum Gasteiger partial charge on any atom is 0.335 e. The van der Waals surface area contributed by atoms with E-state index in [0.29, 0.717) is 32.7 Å². The van der Waals surface area contributed by atoms with E-state index in [4.69, 9.17) is 28.4 Å². The van der Waals surface area contributed by atoms with Crippen LogP contribution in [0.25, 0.3) is 0 Å². The molecule has 0 unspecified atom stereocenters. The molecule has 0 aromatic heterocycles. The fourth-order valence-corrected chi connectivity index (χ4v) is 7.44. The Labute approximate surface area is 236 Å². The fourth-order valence-electron chi connectivity index (χ4n) is 7.44. The SMILES string of the molecule is CCO[C@@H]1C(=O)OC[C@]23CCC(C)=C[C@H]2O[C@@H]2C[C@@H](OC(=O)/C=C\C=C\[C@H]([C@@H](C)O)OCC[C@H]1C)[C@@]3(C)[C@]21CO1. The molecule has 3 aliphatic heterocycles. The lowest BCUT2D eigenvalue weighted by molar-refractivity contribution is -0.235. The smallest absolute Gasteiger partial charge is 0.335 e. The summed E-state index contributed by atoms with van der Waals surface area (Å²) < 4.78 is 36.9. The van der Waals surface area contributed by atoms with Crippen molar-refractivity contribution in [1.82, 2.24) is 0 Å². The minimum atomic E-state index is -0.764. The molecule has 9 nitrogen and oxygen atoms in total. The third kappa shape index (κ3) is 4.87. The number of aliphatic hydroxyl groups excluding tert-OH is 1. The number of rotatable bonds is 3. The maximum absolute atomic E-state index is 13.6. The van der Waals surface area contributed by atoms with E-state index in [1.807, 2.05) is 13.8 Å². The Balaban J connectivity index is 1.52. The number of carbonyl (C=O) groups excluding carboxylic acids is 2. The van der Waals surface area contributed by atoms with E-state index in [2.05, 4.69) is 19.9 Å². The van der Waals surface area contributed by atoms with Crippen LogP contribution in [0.1, 0.15) is 60.3 Å². The van der Waals surface area contributed by atoms with Gasteiger partial charge >= 0.3 is 11.9 Å². The highest BCUT2D eigenvalue weighted by Crippen LogP contribution is 2.72. The van der Waals surface area contributed by atoms with E-state index in [1.165, 1.54) is 11.6 Å². The maximum atomic E-state index is 13.6. The molecule has 222 valence electrons. The second-order valence-corrected chi connectivity index (χ2v) is 12.3. The molecule has 2 aliphatic carbocycles. The van der Waals surface area contributed by atoms with Crippen molar-refractivity contribution in [1.29, 1.82) is 0 Å². The molecule has 40 heavy (non-hydrogen) atoms. The summed E-state index contributed by atoms with van der Waals surface area (Å²) in [6, 6.07) is 0. The number of ether oxygens (including phenoxy) is 6. The van der Waals surface area contributed by atoms with Crippen LogP contribution in [0.5, 0.6) is 0 Å². The number of cyclic esters (lactones) is 1. The van der Waals surface area contributed by atoms with E-state index in [9.17, 15) is 14.7 Å². The van der Waals surface area contributed by atoms with Gasteiger partial charge in [0, 0.05) is 31.1 Å². The first-order valence-electron chi connectivity index (χ1n) is 14.7. The Bertz CT molecular complexity index is 1060. The molecule has 1 saturated carbocycles. The molecule has 1 N–H and O–H groups in total. The molecular formula is C31H44O9. The van der Waals surface area contributed by atoms with E-state index in [0.717, 1.165) is 12.8 Å². The summed E-state index contributed by atoms with van der Waals surface area (Å²) in [5, 5.41) is 10.2. The third-order valence-corrected chi connectivity index (χ3v) is 10.0. The van der Waals surface area contributed by atoms with Crippen LogP contribution in [0, 0.1) is 16.7 Å². The second kappa shape index (κ2) is 11.3. The first kappa shape index (κ1) is 29.5. The van der Waals surface area contributed by atoms with Crippen LogP contribution in [-0.4, -0.2) is 85.7 Å². The standard InChI is InChI=1S/C31H44O9/c1-6-35-27-20(3)12-14-36-22(21(4)32)9-7-8-10-26(33)40-23-16-25-31(18-38-31)29(23,5)30(17-37-28(27)34)13-11-19(2)15-24(30)39-25/h7-10,15,20-25,27,32H,6,11-14,16-18H2,1-5H3/b9-7+,10-8-/t20-,21-,22-,23-,24-,25-,27+,29-,30-,31+/m1/s1. The quantitative estimate of drug-likeness (QED) is 0.315. The van der Waals surface area contributed by atoms with E-state index >= 15 is 0 Å². The summed E-state index contributed by atoms with van der Waals surface area (Å²) in [4.78, 5) is 26.6. The molecular weight excluding hydrogens is 516 g/mol. The van der Waals surface area contributed by atoms with Gasteiger partial charge in [-0.3, -0.25) is 0 Å². The number of epoxide rings is 1. The molecule has 0 aromatic rings. The zero-order chi connectivity index (χ0) is 28.7. The average Bonchev–Trinajstić information content (AvgIpc) is 3.69. The molecule has 2 bridgehead atoms. The number of esters is 2. The Morgan fingerprint density at radius 1 is 1.20 bits per heavy atom. The van der Waals surface area contributed by atoms with Crippen LogP contribution in [-0.2, 0) is 38.0 Å². The van der Waals surface area contributed by atoms with Crippen molar-refractivity contribution in [2.75, 3.05) is 26.4 Å². The summed E-state index contributed by atoms with van der Waals surface area (Å²) >= 11 is 0. The lowest BCUT2D eigenvalue weighted by Crippen LogP contribution is -2.67. The molecule has 0 radical (unpaired) electrons. The van der Waals surface area contributed by atoms with Gasteiger partial charge in [-0.15, -0.1) is 0 Å². The van der Waals surface area contributed by atoms with E-state index < -0.39 is 52.8 Å². The zero-order valence-corrected chi connectivity index (χ0v) is 24.3. The van der Waals surface area contributed by atoms with Crippen LogP contribution in [0.15, 0.2) is 36.0 Å². The molecule has 9 heteroatoms.